The molecule has 0 aromatic heterocycles. The molecule has 0 aliphatic heterocycles. The average Bonchev–Trinajstić information content (AvgIpc) is 2.14. The third-order valence-corrected chi connectivity index (χ3v) is 1.57. The van der Waals surface area contributed by atoms with E-state index >= 15 is 0 Å². The first-order valence-electron chi connectivity index (χ1n) is 3.88. The van der Waals surface area contributed by atoms with Gasteiger partial charge < -0.3 is 20.4 Å². The second kappa shape index (κ2) is 5.89. The minimum atomic E-state index is -1.97. The van der Waals surface area contributed by atoms with Crippen molar-refractivity contribution in [3.8, 4) is 0 Å². The zero-order chi connectivity index (χ0) is 11.3. The minimum absolute atomic E-state index is 1.04. The Hall–Kier alpha value is -0.730. The third-order valence-electron chi connectivity index (χ3n) is 1.57. The maximum atomic E-state index is 10.8. The summed E-state index contributed by atoms with van der Waals surface area (Å²) in [5.41, 5.74) is 0. The number of hydrogen-bond acceptors (Lipinski definition) is 7. The lowest BCUT2D eigenvalue weighted by Crippen LogP contribution is -2.47. The lowest BCUT2D eigenvalue weighted by atomic mass is 10.0. The van der Waals surface area contributed by atoms with Crippen LogP contribution in [-0.4, -0.2) is 57.9 Å². The van der Waals surface area contributed by atoms with Gasteiger partial charge in [-0.1, -0.05) is 0 Å². The Labute approximate surface area is 80.4 Å². The molecule has 0 aromatic carbocycles. The van der Waals surface area contributed by atoms with E-state index in [0.717, 1.165) is 7.11 Å². The Morgan fingerprint density at radius 2 is 1.64 bits per heavy atom. The molecule has 0 saturated carbocycles. The number of rotatable bonds is 5. The fraction of sp³-hybridized carbons (Fsp3) is 0.857. The molecule has 7 nitrogen and oxygen atoms in total. The van der Waals surface area contributed by atoms with Crippen molar-refractivity contribution in [2.24, 2.45) is 0 Å². The summed E-state index contributed by atoms with van der Waals surface area (Å²) in [4.78, 5) is 18.6. The molecular weight excluding hydrogens is 196 g/mol. The Morgan fingerprint density at radius 3 is 2.00 bits per heavy atom. The van der Waals surface area contributed by atoms with Gasteiger partial charge in [0.05, 0.1) is 13.2 Å². The first-order chi connectivity index (χ1) is 6.41. The topological polar surface area (TPSA) is 116 Å². The van der Waals surface area contributed by atoms with Crippen LogP contribution < -0.4 is 0 Å². The molecule has 0 aromatic rings. The molecule has 0 aliphatic carbocycles. The van der Waals surface area contributed by atoms with E-state index in [0.29, 0.717) is 0 Å². The Bertz CT molecular complexity index is 181. The van der Waals surface area contributed by atoms with Gasteiger partial charge in [0, 0.05) is 0 Å². The summed E-state index contributed by atoms with van der Waals surface area (Å²) in [5, 5.41) is 36.1. The van der Waals surface area contributed by atoms with Crippen LogP contribution in [0, 0.1) is 0 Å². The normalized spacial score (nSPS) is 19.6. The fourth-order valence-corrected chi connectivity index (χ4v) is 0.743. The molecule has 0 aliphatic rings. The first-order valence-corrected chi connectivity index (χ1v) is 3.88. The van der Waals surface area contributed by atoms with Gasteiger partial charge in [-0.25, -0.2) is 4.79 Å². The molecule has 0 amide bonds. The number of carbonyl (C=O) groups is 1. The molecule has 14 heavy (non-hydrogen) atoms. The van der Waals surface area contributed by atoms with Gasteiger partial charge in [-0.2, -0.15) is 4.89 Å². The van der Waals surface area contributed by atoms with E-state index in [1.54, 1.807) is 0 Å². The molecule has 4 unspecified atom stereocenters. The van der Waals surface area contributed by atoms with E-state index in [1.165, 1.54) is 6.92 Å². The van der Waals surface area contributed by atoms with Crippen molar-refractivity contribution in [3.63, 3.8) is 0 Å². The van der Waals surface area contributed by atoms with Crippen molar-refractivity contribution in [2.45, 2.75) is 31.3 Å². The summed E-state index contributed by atoms with van der Waals surface area (Å²) < 4.78 is 0. The SMILES string of the molecule is COOC(=O)C(O)C(O)C(O)C(C)O. The van der Waals surface area contributed by atoms with Gasteiger partial charge in [0.2, 0.25) is 0 Å². The molecule has 0 radical (unpaired) electrons. The molecule has 0 saturated heterocycles. The summed E-state index contributed by atoms with van der Waals surface area (Å²) in [6.07, 6.45) is -6.73. The van der Waals surface area contributed by atoms with Gasteiger partial charge in [0.1, 0.15) is 12.2 Å². The zero-order valence-electron chi connectivity index (χ0n) is 7.82. The zero-order valence-corrected chi connectivity index (χ0v) is 7.82. The molecule has 0 heterocycles. The van der Waals surface area contributed by atoms with Crippen molar-refractivity contribution in [3.05, 3.63) is 0 Å². The molecule has 0 fully saturated rings. The van der Waals surface area contributed by atoms with Crippen molar-refractivity contribution in [1.82, 2.24) is 0 Å². The van der Waals surface area contributed by atoms with E-state index in [9.17, 15) is 4.79 Å². The molecule has 4 N–H and O–H groups in total. The number of hydrogen-bond donors (Lipinski definition) is 4. The number of aliphatic hydroxyl groups excluding tert-OH is 4. The van der Waals surface area contributed by atoms with E-state index < -0.39 is 30.4 Å². The molecule has 4 atom stereocenters. The van der Waals surface area contributed by atoms with Gasteiger partial charge in [0.25, 0.3) is 0 Å². The first kappa shape index (κ1) is 13.3. The van der Waals surface area contributed by atoms with Crippen LogP contribution in [0.1, 0.15) is 6.92 Å². The maximum absolute atomic E-state index is 10.8. The number of carbonyl (C=O) groups excluding carboxylic acids is 1. The van der Waals surface area contributed by atoms with E-state index in [-0.39, 0.29) is 0 Å². The van der Waals surface area contributed by atoms with Crippen LogP contribution in [0.2, 0.25) is 0 Å². The van der Waals surface area contributed by atoms with Crippen LogP contribution >= 0.6 is 0 Å². The predicted molar refractivity (Wildman–Crippen MR) is 42.8 cm³/mol. The van der Waals surface area contributed by atoms with Crippen LogP contribution in [-0.2, 0) is 14.6 Å². The smallest absolute Gasteiger partial charge is 0.373 e. The largest absolute Gasteiger partial charge is 0.391 e. The molecular formula is C7H14O7. The number of aliphatic hydroxyl groups is 4. The summed E-state index contributed by atoms with van der Waals surface area (Å²) in [6, 6.07) is 0. The van der Waals surface area contributed by atoms with E-state index in [2.05, 4.69) is 9.78 Å². The van der Waals surface area contributed by atoms with Gasteiger partial charge in [-0.3, -0.25) is 4.89 Å². The molecule has 84 valence electrons. The molecule has 0 spiro atoms. The minimum Gasteiger partial charge on any atom is -0.391 e. The van der Waals surface area contributed by atoms with Gasteiger partial charge in [-0.05, 0) is 6.92 Å². The van der Waals surface area contributed by atoms with Crippen molar-refractivity contribution in [1.29, 1.82) is 0 Å². The molecule has 0 rings (SSSR count). The summed E-state index contributed by atoms with van der Waals surface area (Å²) >= 11 is 0. The maximum Gasteiger partial charge on any atom is 0.373 e. The highest BCUT2D eigenvalue weighted by molar-refractivity contribution is 5.74. The van der Waals surface area contributed by atoms with Crippen LogP contribution in [0.15, 0.2) is 0 Å². The van der Waals surface area contributed by atoms with Crippen molar-refractivity contribution >= 4 is 5.97 Å². The Balaban J connectivity index is 4.23. The quantitative estimate of drug-likeness (QED) is 0.294. The van der Waals surface area contributed by atoms with E-state index in [1.807, 2.05) is 0 Å². The molecule has 0 bridgehead atoms. The highest BCUT2D eigenvalue weighted by Gasteiger charge is 2.34. The van der Waals surface area contributed by atoms with Crippen molar-refractivity contribution in [2.75, 3.05) is 7.11 Å². The summed E-state index contributed by atoms with van der Waals surface area (Å²) in [5.74, 6) is -1.25. The standard InChI is InChI=1S/C7H14O7/c1-3(8)4(9)5(10)6(11)7(12)14-13-2/h3-6,8-11H,1-2H3. The Morgan fingerprint density at radius 1 is 1.14 bits per heavy atom. The van der Waals surface area contributed by atoms with Crippen LogP contribution in [0.3, 0.4) is 0 Å². The van der Waals surface area contributed by atoms with Crippen LogP contribution in [0.4, 0.5) is 0 Å². The second-order valence-corrected chi connectivity index (χ2v) is 2.74. The predicted octanol–water partition coefficient (Wildman–Crippen LogP) is -2.45. The highest BCUT2D eigenvalue weighted by Crippen LogP contribution is 2.06. The van der Waals surface area contributed by atoms with Gasteiger partial charge in [0.15, 0.2) is 6.10 Å². The lowest BCUT2D eigenvalue weighted by Gasteiger charge is -2.22. The summed E-state index contributed by atoms with van der Waals surface area (Å²) in [6.45, 7) is 1.20. The van der Waals surface area contributed by atoms with Crippen LogP contribution in [0.25, 0.3) is 0 Å². The van der Waals surface area contributed by atoms with Gasteiger partial charge in [-0.15, -0.1) is 0 Å². The monoisotopic (exact) mass is 210 g/mol. The second-order valence-electron chi connectivity index (χ2n) is 2.74. The average molecular weight is 210 g/mol. The van der Waals surface area contributed by atoms with E-state index in [4.69, 9.17) is 20.4 Å². The Kier molecular flexibility index (Phi) is 5.58. The van der Waals surface area contributed by atoms with Crippen molar-refractivity contribution < 1.29 is 35.0 Å². The summed E-state index contributed by atoms with van der Waals surface area (Å²) in [7, 11) is 1.04. The van der Waals surface area contributed by atoms with Crippen LogP contribution in [0.5, 0.6) is 0 Å². The lowest BCUT2D eigenvalue weighted by molar-refractivity contribution is -0.267. The fourth-order valence-electron chi connectivity index (χ4n) is 0.743. The molecule has 7 heteroatoms. The third kappa shape index (κ3) is 3.56. The highest BCUT2D eigenvalue weighted by atomic mass is 17.2. The van der Waals surface area contributed by atoms with Gasteiger partial charge >= 0.3 is 5.97 Å².